The van der Waals surface area contributed by atoms with Crippen molar-refractivity contribution < 1.29 is 9.53 Å². The Morgan fingerprint density at radius 2 is 1.90 bits per heavy atom. The SMILES string of the molecule is CCOC(=O)c1cccc(N)c1Nc1ccc(C)cc1. The number of ether oxygens (including phenoxy) is 1. The summed E-state index contributed by atoms with van der Waals surface area (Å²) in [4.78, 5) is 11.9. The van der Waals surface area contributed by atoms with Crippen molar-refractivity contribution in [1.29, 1.82) is 0 Å². The number of nitrogens with two attached hydrogens (primary N) is 1. The van der Waals surface area contributed by atoms with Crippen LogP contribution in [0.3, 0.4) is 0 Å². The van der Waals surface area contributed by atoms with E-state index in [0.717, 1.165) is 5.69 Å². The Hall–Kier alpha value is -2.49. The predicted molar refractivity (Wildman–Crippen MR) is 81.3 cm³/mol. The van der Waals surface area contributed by atoms with E-state index in [1.807, 2.05) is 31.2 Å². The second-order valence-corrected chi connectivity index (χ2v) is 4.48. The van der Waals surface area contributed by atoms with Crippen molar-refractivity contribution in [2.45, 2.75) is 13.8 Å². The molecule has 0 heterocycles. The van der Waals surface area contributed by atoms with E-state index >= 15 is 0 Å². The van der Waals surface area contributed by atoms with Gasteiger partial charge in [0.15, 0.2) is 0 Å². The fraction of sp³-hybridized carbons (Fsp3) is 0.188. The van der Waals surface area contributed by atoms with Crippen molar-refractivity contribution in [2.24, 2.45) is 0 Å². The van der Waals surface area contributed by atoms with Gasteiger partial charge in [-0.15, -0.1) is 0 Å². The first kappa shape index (κ1) is 13.9. The number of anilines is 3. The molecule has 4 nitrogen and oxygen atoms in total. The quantitative estimate of drug-likeness (QED) is 0.659. The summed E-state index contributed by atoms with van der Waals surface area (Å²) in [6, 6.07) is 13.1. The molecule has 4 heteroatoms. The molecule has 0 fully saturated rings. The molecule has 0 unspecified atom stereocenters. The van der Waals surface area contributed by atoms with E-state index in [1.165, 1.54) is 5.56 Å². The van der Waals surface area contributed by atoms with E-state index in [2.05, 4.69) is 5.32 Å². The molecule has 0 atom stereocenters. The second kappa shape index (κ2) is 6.10. The molecule has 0 aliphatic carbocycles. The van der Waals surface area contributed by atoms with Crippen LogP contribution in [0.25, 0.3) is 0 Å². The van der Waals surface area contributed by atoms with Crippen molar-refractivity contribution in [1.82, 2.24) is 0 Å². The van der Waals surface area contributed by atoms with Crippen molar-refractivity contribution in [3.63, 3.8) is 0 Å². The molecule has 3 N–H and O–H groups in total. The lowest BCUT2D eigenvalue weighted by Gasteiger charge is -2.14. The van der Waals surface area contributed by atoms with Gasteiger partial charge >= 0.3 is 5.97 Å². The molecular weight excluding hydrogens is 252 g/mol. The Morgan fingerprint density at radius 3 is 2.55 bits per heavy atom. The number of para-hydroxylation sites is 1. The van der Waals surface area contributed by atoms with Crippen LogP contribution in [0.1, 0.15) is 22.8 Å². The molecule has 0 amide bonds. The van der Waals surface area contributed by atoms with Gasteiger partial charge in [-0.3, -0.25) is 0 Å². The van der Waals surface area contributed by atoms with Gasteiger partial charge in [0.2, 0.25) is 0 Å². The summed E-state index contributed by atoms with van der Waals surface area (Å²) in [5.74, 6) is -0.380. The van der Waals surface area contributed by atoms with Gasteiger partial charge in [0.05, 0.1) is 23.5 Å². The molecule has 2 aromatic carbocycles. The summed E-state index contributed by atoms with van der Waals surface area (Å²) >= 11 is 0. The predicted octanol–water partition coefficient (Wildman–Crippen LogP) is 3.50. The largest absolute Gasteiger partial charge is 0.462 e. The van der Waals surface area contributed by atoms with Gasteiger partial charge in [0.25, 0.3) is 0 Å². The number of hydrogen-bond acceptors (Lipinski definition) is 4. The highest BCUT2D eigenvalue weighted by Crippen LogP contribution is 2.28. The number of carbonyl (C=O) groups excluding carboxylic acids is 1. The van der Waals surface area contributed by atoms with Crippen LogP contribution in [0.15, 0.2) is 42.5 Å². The molecule has 0 bridgehead atoms. The first-order valence-corrected chi connectivity index (χ1v) is 6.51. The van der Waals surface area contributed by atoms with Crippen LogP contribution in [0.4, 0.5) is 17.1 Å². The van der Waals surface area contributed by atoms with E-state index in [1.54, 1.807) is 25.1 Å². The molecule has 104 valence electrons. The molecule has 0 saturated carbocycles. The maximum absolute atomic E-state index is 11.9. The minimum Gasteiger partial charge on any atom is -0.462 e. The molecule has 0 radical (unpaired) electrons. The number of carbonyl (C=O) groups is 1. The third kappa shape index (κ3) is 3.09. The molecule has 2 aromatic rings. The minimum atomic E-state index is -0.380. The Kier molecular flexibility index (Phi) is 4.25. The fourth-order valence-electron chi connectivity index (χ4n) is 1.87. The molecule has 0 aromatic heterocycles. The molecule has 0 aliphatic rings. The zero-order valence-corrected chi connectivity index (χ0v) is 11.6. The van der Waals surface area contributed by atoms with Crippen molar-refractivity contribution >= 4 is 23.0 Å². The monoisotopic (exact) mass is 270 g/mol. The lowest BCUT2D eigenvalue weighted by Crippen LogP contribution is -2.09. The summed E-state index contributed by atoms with van der Waals surface area (Å²) in [6.45, 7) is 4.12. The molecule has 20 heavy (non-hydrogen) atoms. The minimum absolute atomic E-state index is 0.331. The first-order chi connectivity index (χ1) is 9.61. The molecule has 2 rings (SSSR count). The van der Waals surface area contributed by atoms with E-state index in [0.29, 0.717) is 23.5 Å². The van der Waals surface area contributed by atoms with Gasteiger partial charge in [-0.25, -0.2) is 4.79 Å². The molecule has 0 saturated heterocycles. The van der Waals surface area contributed by atoms with E-state index in [4.69, 9.17) is 10.5 Å². The van der Waals surface area contributed by atoms with Crippen LogP contribution in [0.5, 0.6) is 0 Å². The molecule has 0 spiro atoms. The van der Waals surface area contributed by atoms with Gasteiger partial charge in [-0.05, 0) is 38.1 Å². The maximum atomic E-state index is 11.9. The van der Waals surface area contributed by atoms with Crippen LogP contribution in [0.2, 0.25) is 0 Å². The third-order valence-electron chi connectivity index (χ3n) is 2.91. The number of rotatable bonds is 4. The average Bonchev–Trinajstić information content (AvgIpc) is 2.43. The maximum Gasteiger partial charge on any atom is 0.340 e. The Bertz CT molecular complexity index is 606. The fourth-order valence-corrected chi connectivity index (χ4v) is 1.87. The molecular formula is C16H18N2O2. The first-order valence-electron chi connectivity index (χ1n) is 6.51. The van der Waals surface area contributed by atoms with Crippen LogP contribution in [0, 0.1) is 6.92 Å². The summed E-state index contributed by atoms with van der Waals surface area (Å²) in [7, 11) is 0. The Labute approximate surface area is 118 Å². The highest BCUT2D eigenvalue weighted by atomic mass is 16.5. The summed E-state index contributed by atoms with van der Waals surface area (Å²) in [6.07, 6.45) is 0. The van der Waals surface area contributed by atoms with Gasteiger partial charge in [-0.1, -0.05) is 23.8 Å². The van der Waals surface area contributed by atoms with Crippen LogP contribution in [-0.2, 0) is 4.74 Å². The lowest BCUT2D eigenvalue weighted by atomic mass is 10.1. The zero-order valence-electron chi connectivity index (χ0n) is 11.6. The Morgan fingerprint density at radius 1 is 1.20 bits per heavy atom. The van der Waals surface area contributed by atoms with Gasteiger partial charge in [0.1, 0.15) is 0 Å². The van der Waals surface area contributed by atoms with E-state index < -0.39 is 0 Å². The van der Waals surface area contributed by atoms with Gasteiger partial charge < -0.3 is 15.8 Å². The van der Waals surface area contributed by atoms with Crippen LogP contribution >= 0.6 is 0 Å². The smallest absolute Gasteiger partial charge is 0.340 e. The summed E-state index contributed by atoms with van der Waals surface area (Å²) in [5.41, 5.74) is 9.53. The summed E-state index contributed by atoms with van der Waals surface area (Å²) in [5, 5.41) is 3.18. The topological polar surface area (TPSA) is 64.3 Å². The zero-order chi connectivity index (χ0) is 14.5. The number of aryl methyl sites for hydroxylation is 1. The van der Waals surface area contributed by atoms with Crippen LogP contribution < -0.4 is 11.1 Å². The standard InChI is InChI=1S/C16H18N2O2/c1-3-20-16(19)13-5-4-6-14(17)15(13)18-12-9-7-11(2)8-10-12/h4-10,18H,3,17H2,1-2H3. The Balaban J connectivity index is 2.34. The highest BCUT2D eigenvalue weighted by molar-refractivity contribution is 5.99. The third-order valence-corrected chi connectivity index (χ3v) is 2.91. The number of nitrogens with one attached hydrogen (secondary N) is 1. The second-order valence-electron chi connectivity index (χ2n) is 4.48. The van der Waals surface area contributed by atoms with E-state index in [9.17, 15) is 4.79 Å². The number of hydrogen-bond donors (Lipinski definition) is 2. The number of nitrogen functional groups attached to an aromatic ring is 1. The van der Waals surface area contributed by atoms with Crippen molar-refractivity contribution in [3.05, 3.63) is 53.6 Å². The lowest BCUT2D eigenvalue weighted by molar-refractivity contribution is 0.0527. The number of esters is 1. The van der Waals surface area contributed by atoms with Crippen molar-refractivity contribution in [2.75, 3.05) is 17.7 Å². The highest BCUT2D eigenvalue weighted by Gasteiger charge is 2.14. The van der Waals surface area contributed by atoms with Crippen molar-refractivity contribution in [3.8, 4) is 0 Å². The number of benzene rings is 2. The van der Waals surface area contributed by atoms with Gasteiger partial charge in [-0.2, -0.15) is 0 Å². The average molecular weight is 270 g/mol. The van der Waals surface area contributed by atoms with Gasteiger partial charge in [0, 0.05) is 5.69 Å². The van der Waals surface area contributed by atoms with E-state index in [-0.39, 0.29) is 5.97 Å². The normalized spacial score (nSPS) is 10.1. The summed E-state index contributed by atoms with van der Waals surface area (Å²) < 4.78 is 5.05. The molecule has 0 aliphatic heterocycles. The van der Waals surface area contributed by atoms with Crippen LogP contribution in [-0.4, -0.2) is 12.6 Å².